The number of ether oxygens (including phenoxy) is 2. The number of amides is 8. The van der Waals surface area contributed by atoms with Crippen LogP contribution in [0.2, 0.25) is 0 Å². The van der Waals surface area contributed by atoms with E-state index in [1.165, 1.54) is 0 Å². The third-order valence-electron chi connectivity index (χ3n) is 25.4. The molecule has 10 aromatic carbocycles. The SMILES string of the molecule is CN1C(=O)[C@H](COC(=O)Cc2ccc3ccc4cccc5ccc2c3c45)NC(=O)[C@H]2CCC[C@@H](C2)N(C)C(=O)[C@@H](Cc2ccccc2)NC(=O)[C@@H]2CCC[C@@H](C2)N(C)C(=O)[C@@H](COC(=O)Cc2ccc3ccc4cccc5ccc2c3c45)NC(=O)[C@@H]2CCC[C@H](C2)N(C)C(=O)[C@@H](Cc2ccccc2)NC(=O)[C@@H]2CCC[C@H]1C2. The van der Waals surface area contributed by atoms with Gasteiger partial charge < -0.3 is 50.3 Å². The minimum absolute atomic E-state index is 0.106. The summed E-state index contributed by atoms with van der Waals surface area (Å²) in [6, 6.07) is 48.9. The molecule has 5 fully saturated rings. The number of rotatable bonds is 12. The van der Waals surface area contributed by atoms with Gasteiger partial charge in [-0.25, -0.2) is 0 Å². The third kappa shape index (κ3) is 16.4. The topological polar surface area (TPSA) is 250 Å². The van der Waals surface area contributed by atoms with Gasteiger partial charge in [-0.1, -0.05) is 196 Å². The fraction of sp³-hybridized carbons (Fsp3) is 0.413. The lowest BCUT2D eigenvalue weighted by atomic mass is 9.83. The van der Waals surface area contributed by atoms with Crippen LogP contribution in [0.5, 0.6) is 0 Å². The van der Waals surface area contributed by atoms with Crippen LogP contribution < -0.4 is 21.3 Å². The maximum atomic E-state index is 15.3. The lowest BCUT2D eigenvalue weighted by Crippen LogP contribution is -2.57. The number of carbonyl (C=O) groups excluding carboxylic acids is 10. The van der Waals surface area contributed by atoms with E-state index in [0.29, 0.717) is 77.0 Å². The van der Waals surface area contributed by atoms with Crippen molar-refractivity contribution in [2.45, 2.75) is 177 Å². The molecule has 4 aliphatic carbocycles. The van der Waals surface area contributed by atoms with Crippen molar-refractivity contribution in [3.63, 3.8) is 0 Å². The summed E-state index contributed by atoms with van der Waals surface area (Å²) >= 11 is 0. The minimum Gasteiger partial charge on any atom is -0.463 e. The second-order valence-corrected chi connectivity index (χ2v) is 32.4. The molecular weight excluding hydrogens is 1410 g/mol. The Bertz CT molecular complexity index is 4840. The first-order valence-electron chi connectivity index (χ1n) is 40.3. The first kappa shape index (κ1) is 76.4. The van der Waals surface area contributed by atoms with E-state index < -0.39 is 121 Å². The second kappa shape index (κ2) is 33.5. The fourth-order valence-electron chi connectivity index (χ4n) is 19.0. The number of carbonyl (C=O) groups is 10. The number of nitrogens with zero attached hydrogens (tertiary/aromatic N) is 4. The summed E-state index contributed by atoms with van der Waals surface area (Å²) in [5.41, 5.74) is 3.13. The van der Waals surface area contributed by atoms with E-state index in [2.05, 4.69) is 81.9 Å². The standard InChI is InChI=1S/C92H100N8O12/c1-97-69-29-15-27-67(49-69)87(105)95-77(53-111-79(101)51-63-39-37-61-35-33-57-21-11-23-59-41-43-73(63)83(61)81(57)59)91(109)100(4)72-32-14-26-66(48-72)86(104)94-76(46-56-19-9-6-10-20-56)90(108)98(2)70-30-16-28-68(50-70)88(106)96-78(54-112-80(102)52-64-40-38-62-36-34-58-22-12-24-60-42-44-74(64)84(62)82(58)60)92(110)99(3)71-31-13-25-65(47-71)85(103)93-75(89(97)107)45-55-17-7-5-8-18-55/h5-12,17-24,33-44,65-72,75-78H,13-16,25-32,45-54H2,1-4H3,(H,93,103)(H,94,104)(H,95,105)(H,96,106)/t65-,66-,67-,68+,69-,70+,71+,72+,75-,76-,77-,78+/m1/s1. The number of nitrogens with one attached hydrogen (secondary N) is 4. The molecule has 8 bridgehead atoms. The Morgan fingerprint density at radius 3 is 0.920 bits per heavy atom. The van der Waals surface area contributed by atoms with Gasteiger partial charge in [0.25, 0.3) is 0 Å². The third-order valence-corrected chi connectivity index (χ3v) is 25.4. The van der Waals surface area contributed by atoms with Gasteiger partial charge in [0.15, 0.2) is 0 Å². The maximum Gasteiger partial charge on any atom is 0.310 e. The molecule has 8 amide bonds. The monoisotopic (exact) mass is 1510 g/mol. The summed E-state index contributed by atoms with van der Waals surface area (Å²) in [5.74, 6) is -7.07. The highest BCUT2D eigenvalue weighted by molar-refractivity contribution is 6.25. The Morgan fingerprint density at radius 2 is 0.598 bits per heavy atom. The minimum atomic E-state index is -1.34. The number of esters is 2. The van der Waals surface area contributed by atoms with Crippen LogP contribution in [0.25, 0.3) is 64.6 Å². The molecule has 0 unspecified atom stereocenters. The van der Waals surface area contributed by atoms with Crippen LogP contribution in [0.4, 0.5) is 0 Å². The Labute approximate surface area is 652 Å². The van der Waals surface area contributed by atoms with Crippen LogP contribution in [0.15, 0.2) is 170 Å². The molecule has 20 nitrogen and oxygen atoms in total. The van der Waals surface area contributed by atoms with E-state index in [9.17, 15) is 19.2 Å². The molecule has 5 aliphatic rings. The summed E-state index contributed by atoms with van der Waals surface area (Å²) in [5, 5.41) is 24.9. The second-order valence-electron chi connectivity index (χ2n) is 32.4. The van der Waals surface area contributed by atoms with Crippen molar-refractivity contribution in [1.82, 2.24) is 40.9 Å². The molecule has 112 heavy (non-hydrogen) atoms. The highest BCUT2D eigenvalue weighted by Gasteiger charge is 2.43. The van der Waals surface area contributed by atoms with Gasteiger partial charge in [-0.2, -0.15) is 0 Å². The predicted octanol–water partition coefficient (Wildman–Crippen LogP) is 11.9. The van der Waals surface area contributed by atoms with Crippen LogP contribution >= 0.6 is 0 Å². The normalized spacial score (nSPS) is 25.4. The molecule has 580 valence electrons. The molecule has 20 heteroatoms. The Kier molecular flexibility index (Phi) is 22.8. The molecule has 1 aliphatic heterocycles. The highest BCUT2D eigenvalue weighted by Crippen LogP contribution is 2.40. The quantitative estimate of drug-likeness (QED) is 0.0658. The molecule has 10 aromatic rings. The molecule has 15 rings (SSSR count). The fourth-order valence-corrected chi connectivity index (χ4v) is 19.0. The van der Waals surface area contributed by atoms with Crippen molar-refractivity contribution in [2.24, 2.45) is 23.7 Å². The molecule has 12 atom stereocenters. The first-order chi connectivity index (χ1) is 54.3. The Balaban J connectivity index is 0.706. The van der Waals surface area contributed by atoms with Gasteiger partial charge in [-0.3, -0.25) is 47.9 Å². The summed E-state index contributed by atoms with van der Waals surface area (Å²) in [4.78, 5) is 156. The van der Waals surface area contributed by atoms with Crippen molar-refractivity contribution in [3.8, 4) is 0 Å². The first-order valence-corrected chi connectivity index (χ1v) is 40.3. The van der Waals surface area contributed by atoms with Crippen LogP contribution in [0.1, 0.15) is 125 Å². The number of likely N-dealkylation sites (N-methyl/N-ethyl adjacent to an activating group) is 4. The highest BCUT2D eigenvalue weighted by atomic mass is 16.5. The van der Waals surface area contributed by atoms with Crippen molar-refractivity contribution in [3.05, 3.63) is 192 Å². The van der Waals surface area contributed by atoms with E-state index in [0.717, 1.165) is 86.9 Å². The van der Waals surface area contributed by atoms with Gasteiger partial charge in [-0.15, -0.1) is 0 Å². The number of hydrogen-bond donors (Lipinski definition) is 4. The van der Waals surface area contributed by atoms with E-state index in [1.807, 2.05) is 109 Å². The molecule has 1 saturated heterocycles. The van der Waals surface area contributed by atoms with E-state index >= 15 is 28.8 Å². The summed E-state index contributed by atoms with van der Waals surface area (Å²) in [6.07, 6.45) is 7.38. The van der Waals surface area contributed by atoms with E-state index in [1.54, 1.807) is 47.8 Å². The van der Waals surface area contributed by atoms with Crippen molar-refractivity contribution >= 4 is 124 Å². The van der Waals surface area contributed by atoms with Gasteiger partial charge in [0.1, 0.15) is 37.4 Å². The lowest BCUT2D eigenvalue weighted by molar-refractivity contribution is -0.149. The average Bonchev–Trinajstić information content (AvgIpc) is 0.744. The molecule has 4 N–H and O–H groups in total. The van der Waals surface area contributed by atoms with Crippen molar-refractivity contribution in [1.29, 1.82) is 0 Å². The van der Waals surface area contributed by atoms with Crippen LogP contribution in [-0.2, 0) is 83.1 Å². The summed E-state index contributed by atoms with van der Waals surface area (Å²) < 4.78 is 12.2. The summed E-state index contributed by atoms with van der Waals surface area (Å²) in [7, 11) is 6.70. The van der Waals surface area contributed by atoms with Crippen molar-refractivity contribution < 1.29 is 57.4 Å². The molecule has 0 spiro atoms. The van der Waals surface area contributed by atoms with Crippen LogP contribution in [-0.4, -0.2) is 169 Å². The largest absolute Gasteiger partial charge is 0.463 e. The van der Waals surface area contributed by atoms with Crippen LogP contribution in [0.3, 0.4) is 0 Å². The van der Waals surface area contributed by atoms with E-state index in [-0.39, 0.29) is 75.0 Å². The average molecular weight is 1510 g/mol. The zero-order valence-electron chi connectivity index (χ0n) is 64.3. The number of fused-ring (bicyclic) bond motifs is 8. The maximum absolute atomic E-state index is 15.3. The van der Waals surface area contributed by atoms with Gasteiger partial charge in [0.05, 0.1) is 12.8 Å². The van der Waals surface area contributed by atoms with Gasteiger partial charge in [0, 0.05) is 88.9 Å². The lowest BCUT2D eigenvalue weighted by Gasteiger charge is -2.39. The van der Waals surface area contributed by atoms with Crippen molar-refractivity contribution in [2.75, 3.05) is 41.4 Å². The van der Waals surface area contributed by atoms with Gasteiger partial charge >= 0.3 is 11.9 Å². The Morgan fingerprint density at radius 1 is 0.321 bits per heavy atom. The van der Waals surface area contributed by atoms with Gasteiger partial charge in [0.2, 0.25) is 47.3 Å². The number of hydrogen-bond acceptors (Lipinski definition) is 12. The molecule has 1 heterocycles. The summed E-state index contributed by atoms with van der Waals surface area (Å²) in [6.45, 7) is -0.959. The van der Waals surface area contributed by atoms with Gasteiger partial charge in [-0.05, 0) is 164 Å². The molecular formula is C92H100N8O12. The predicted molar refractivity (Wildman–Crippen MR) is 432 cm³/mol. The zero-order valence-corrected chi connectivity index (χ0v) is 64.3. The van der Waals surface area contributed by atoms with Crippen LogP contribution in [0, 0.1) is 23.7 Å². The Hall–Kier alpha value is -11.0. The molecule has 0 aromatic heterocycles. The molecule has 0 radical (unpaired) electrons. The zero-order chi connectivity index (χ0) is 77.8. The van der Waals surface area contributed by atoms with E-state index in [4.69, 9.17) is 9.47 Å². The molecule has 4 saturated carbocycles. The smallest absolute Gasteiger partial charge is 0.310 e. The number of benzene rings is 10.